The molecule has 166 valence electrons. The normalized spacial score (nSPS) is 25.2. The molecule has 10 nitrogen and oxygen atoms in total. The average molecular weight is 446 g/mol. The second-order valence-corrected chi connectivity index (χ2v) is 7.87. The fourth-order valence-corrected chi connectivity index (χ4v) is 4.81. The van der Waals surface area contributed by atoms with Gasteiger partial charge >= 0.3 is 0 Å². The van der Waals surface area contributed by atoms with E-state index in [0.717, 1.165) is 11.0 Å². The van der Waals surface area contributed by atoms with E-state index in [1.807, 2.05) is 0 Å². The number of allylic oxidation sites excluding steroid dienone is 1. The van der Waals surface area contributed by atoms with Crippen LogP contribution in [0, 0.1) is 22.0 Å². The lowest BCUT2D eigenvalue weighted by Gasteiger charge is -2.30. The van der Waals surface area contributed by atoms with Crippen molar-refractivity contribution in [3.63, 3.8) is 0 Å². The van der Waals surface area contributed by atoms with Crippen molar-refractivity contribution in [2.75, 3.05) is 12.0 Å². The van der Waals surface area contributed by atoms with Gasteiger partial charge in [-0.1, -0.05) is 36.4 Å². The van der Waals surface area contributed by atoms with Gasteiger partial charge in [0.15, 0.2) is 5.78 Å². The molecule has 5 rings (SSSR count). The van der Waals surface area contributed by atoms with Crippen LogP contribution in [-0.4, -0.2) is 52.9 Å². The number of nitrogens with zero attached hydrogens (tertiary/aromatic N) is 4. The summed E-state index contributed by atoms with van der Waals surface area (Å²) in [7, 11) is 1.35. The van der Waals surface area contributed by atoms with Crippen molar-refractivity contribution in [1.82, 2.24) is 5.01 Å². The highest BCUT2D eigenvalue weighted by molar-refractivity contribution is 6.25. The van der Waals surface area contributed by atoms with Crippen molar-refractivity contribution in [1.29, 1.82) is 0 Å². The summed E-state index contributed by atoms with van der Waals surface area (Å²) in [6, 6.07) is 10.6. The van der Waals surface area contributed by atoms with Gasteiger partial charge < -0.3 is 4.74 Å². The largest absolute Gasteiger partial charge is 0.495 e. The zero-order valence-electron chi connectivity index (χ0n) is 17.4. The van der Waals surface area contributed by atoms with Gasteiger partial charge in [-0.2, -0.15) is 5.10 Å². The molecular weight excluding hydrogens is 428 g/mol. The Morgan fingerprint density at radius 3 is 2.52 bits per heavy atom. The van der Waals surface area contributed by atoms with Crippen LogP contribution < -0.4 is 9.64 Å². The molecule has 0 unspecified atom stereocenters. The number of nitro benzene ring substituents is 1. The number of Topliss-reactive ketones (excluding diaryl/α,β-unsaturated/α-hetero) is 1. The molecule has 4 atom stereocenters. The molecule has 3 aliphatic heterocycles. The van der Waals surface area contributed by atoms with Gasteiger partial charge in [0.05, 0.1) is 29.9 Å². The van der Waals surface area contributed by atoms with E-state index >= 15 is 0 Å². The van der Waals surface area contributed by atoms with Gasteiger partial charge in [-0.15, -0.1) is 0 Å². The molecule has 2 aromatic rings. The maximum atomic E-state index is 13.7. The number of ether oxygens (including phenoxy) is 1. The molecule has 0 aliphatic carbocycles. The minimum Gasteiger partial charge on any atom is -0.495 e. The number of rotatable bonds is 5. The lowest BCUT2D eigenvalue weighted by Crippen LogP contribution is -2.46. The minimum absolute atomic E-state index is 0.0168. The Balaban J connectivity index is 1.61. The topological polar surface area (TPSA) is 122 Å². The lowest BCUT2D eigenvalue weighted by atomic mass is 9.86. The molecule has 3 heterocycles. The van der Waals surface area contributed by atoms with E-state index in [4.69, 9.17) is 4.74 Å². The van der Waals surface area contributed by atoms with Gasteiger partial charge in [-0.05, 0) is 12.1 Å². The quantitative estimate of drug-likeness (QED) is 0.299. The lowest BCUT2D eigenvalue weighted by molar-refractivity contribution is -0.384. The predicted octanol–water partition coefficient (Wildman–Crippen LogP) is 2.20. The molecule has 2 fully saturated rings. The molecule has 10 heteroatoms. The third kappa shape index (κ3) is 3.02. The second-order valence-electron chi connectivity index (χ2n) is 7.87. The number of non-ortho nitro benzene ring substituents is 1. The van der Waals surface area contributed by atoms with Gasteiger partial charge in [0, 0.05) is 23.9 Å². The van der Waals surface area contributed by atoms with Gasteiger partial charge in [-0.25, -0.2) is 4.90 Å². The zero-order chi connectivity index (χ0) is 23.3. The number of carbonyl (C=O) groups excluding carboxylic acids is 3. The van der Waals surface area contributed by atoms with Crippen LogP contribution in [0.4, 0.5) is 11.4 Å². The molecule has 2 saturated heterocycles. The molecule has 0 saturated carbocycles. The molecule has 0 aromatic heterocycles. The number of nitro groups is 1. The maximum absolute atomic E-state index is 13.7. The maximum Gasteiger partial charge on any atom is 0.271 e. The second kappa shape index (κ2) is 7.66. The van der Waals surface area contributed by atoms with E-state index in [-0.39, 0.29) is 22.9 Å². The monoisotopic (exact) mass is 446 g/mol. The number of hydrogen-bond acceptors (Lipinski definition) is 8. The Hall–Kier alpha value is -4.34. The standard InChI is InChI=1S/C23H18N4O6/c1-33-17-10-9-14(27(31)32)12-16(17)25-22(29)18-15-8-5-11-24-26(15)20(19(18)23(25)30)21(28)13-6-3-2-4-7-13/h2-12,15,18-20H,1H3/t15-,18-,19-,20+/m1/s1. The van der Waals surface area contributed by atoms with Crippen LogP contribution in [0.25, 0.3) is 0 Å². The van der Waals surface area contributed by atoms with Crippen molar-refractivity contribution in [3.8, 4) is 5.75 Å². The first-order chi connectivity index (χ1) is 15.9. The Labute approximate surface area is 187 Å². The summed E-state index contributed by atoms with van der Waals surface area (Å²) in [5, 5.41) is 17.1. The Kier molecular flexibility index (Phi) is 4.77. The number of methoxy groups -OCH3 is 1. The van der Waals surface area contributed by atoms with Crippen LogP contribution in [0.15, 0.2) is 65.8 Å². The number of carbonyl (C=O) groups is 3. The van der Waals surface area contributed by atoms with E-state index in [1.165, 1.54) is 30.5 Å². The van der Waals surface area contributed by atoms with Crippen molar-refractivity contribution in [2.45, 2.75) is 12.1 Å². The van der Waals surface area contributed by atoms with E-state index < -0.39 is 40.7 Å². The van der Waals surface area contributed by atoms with Crippen LogP contribution in [0.5, 0.6) is 5.75 Å². The summed E-state index contributed by atoms with van der Waals surface area (Å²) in [4.78, 5) is 52.3. The van der Waals surface area contributed by atoms with E-state index in [0.29, 0.717) is 5.56 Å². The molecule has 0 N–H and O–H groups in total. The summed E-state index contributed by atoms with van der Waals surface area (Å²) in [6.07, 6.45) is 4.92. The fourth-order valence-electron chi connectivity index (χ4n) is 4.81. The Morgan fingerprint density at radius 1 is 1.09 bits per heavy atom. The smallest absolute Gasteiger partial charge is 0.271 e. The molecule has 0 radical (unpaired) electrons. The van der Waals surface area contributed by atoms with E-state index in [1.54, 1.807) is 42.5 Å². The van der Waals surface area contributed by atoms with E-state index in [9.17, 15) is 24.5 Å². The summed E-state index contributed by atoms with van der Waals surface area (Å²) in [5.41, 5.74) is 0.0966. The summed E-state index contributed by atoms with van der Waals surface area (Å²) in [6.45, 7) is 0. The third-order valence-corrected chi connectivity index (χ3v) is 6.23. The number of imide groups is 1. The first-order valence-electron chi connectivity index (χ1n) is 10.2. The SMILES string of the molecule is COc1ccc([N+](=O)[O-])cc1N1C(=O)[C@@H]2[C@H](C1=O)[C@H]1C=CC=NN1[C@@H]2C(=O)c1ccccc1. The molecule has 0 bridgehead atoms. The molecule has 2 amide bonds. The third-order valence-electron chi connectivity index (χ3n) is 6.23. The molecular formula is C23H18N4O6. The number of anilines is 1. The van der Waals surface area contributed by atoms with Crippen molar-refractivity contribution in [3.05, 3.63) is 76.4 Å². The van der Waals surface area contributed by atoms with Crippen LogP contribution in [0.1, 0.15) is 10.4 Å². The highest BCUT2D eigenvalue weighted by atomic mass is 16.6. The number of hydrazone groups is 1. The highest BCUT2D eigenvalue weighted by Crippen LogP contribution is 2.48. The molecule has 2 aromatic carbocycles. The summed E-state index contributed by atoms with van der Waals surface area (Å²) >= 11 is 0. The van der Waals surface area contributed by atoms with Gasteiger partial charge in [0.25, 0.3) is 5.69 Å². The number of ketones is 1. The Bertz CT molecular complexity index is 1240. The molecule has 0 spiro atoms. The number of fused-ring (bicyclic) bond motifs is 3. The van der Waals surface area contributed by atoms with Crippen molar-refractivity contribution in [2.24, 2.45) is 16.9 Å². The molecule has 33 heavy (non-hydrogen) atoms. The highest BCUT2D eigenvalue weighted by Gasteiger charge is 2.64. The van der Waals surface area contributed by atoms with E-state index in [2.05, 4.69) is 5.10 Å². The summed E-state index contributed by atoms with van der Waals surface area (Å²) in [5.74, 6) is -3.22. The fraction of sp³-hybridized carbons (Fsp3) is 0.217. The zero-order valence-corrected chi connectivity index (χ0v) is 17.4. The minimum atomic E-state index is -1.00. The number of amides is 2. The van der Waals surface area contributed by atoms with Crippen molar-refractivity contribution < 1.29 is 24.0 Å². The van der Waals surface area contributed by atoms with Crippen molar-refractivity contribution >= 4 is 35.2 Å². The van der Waals surface area contributed by atoms with Crippen LogP contribution in [0.2, 0.25) is 0 Å². The van der Waals surface area contributed by atoms with Crippen LogP contribution >= 0.6 is 0 Å². The van der Waals surface area contributed by atoms with Gasteiger partial charge in [0.1, 0.15) is 17.5 Å². The number of hydrogen-bond donors (Lipinski definition) is 0. The predicted molar refractivity (Wildman–Crippen MR) is 117 cm³/mol. The van der Waals surface area contributed by atoms with Gasteiger partial charge in [-0.3, -0.25) is 29.5 Å². The first kappa shape index (κ1) is 20.6. The summed E-state index contributed by atoms with van der Waals surface area (Å²) < 4.78 is 5.28. The van der Waals surface area contributed by atoms with Crippen LogP contribution in [-0.2, 0) is 9.59 Å². The number of benzene rings is 2. The average Bonchev–Trinajstić information content (AvgIpc) is 3.31. The van der Waals surface area contributed by atoms with Crippen LogP contribution in [0.3, 0.4) is 0 Å². The first-order valence-corrected chi connectivity index (χ1v) is 10.2. The Morgan fingerprint density at radius 2 is 1.82 bits per heavy atom. The van der Waals surface area contributed by atoms with Gasteiger partial charge in [0.2, 0.25) is 11.8 Å². The molecule has 3 aliphatic rings.